The molecule has 35 heavy (non-hydrogen) atoms. The van der Waals surface area contributed by atoms with Gasteiger partial charge in [-0.05, 0) is 23.6 Å². The summed E-state index contributed by atoms with van der Waals surface area (Å²) in [6.45, 7) is 4.65. The van der Waals surface area contributed by atoms with Crippen molar-refractivity contribution in [1.82, 2.24) is 0 Å². The molecule has 4 atom stereocenters. The number of hydrogen-bond donors (Lipinski definition) is 1. The first-order valence-electron chi connectivity index (χ1n) is 11.7. The largest absolute Gasteiger partial charge is 0.493 e. The molecule has 0 aliphatic carbocycles. The highest BCUT2D eigenvalue weighted by molar-refractivity contribution is 6.05. The molecule has 8 heteroatoms. The Labute approximate surface area is 204 Å². The first-order chi connectivity index (χ1) is 16.8. The number of anilines is 2. The maximum Gasteiger partial charge on any atom is 0.234 e. The first-order valence-corrected chi connectivity index (χ1v) is 11.7. The van der Waals surface area contributed by atoms with Crippen LogP contribution in [0.15, 0.2) is 48.6 Å². The highest BCUT2D eigenvalue weighted by Gasteiger charge is 2.67. The smallest absolute Gasteiger partial charge is 0.234 e. The molecule has 2 aromatic carbocycles. The van der Waals surface area contributed by atoms with Crippen LogP contribution in [0, 0.1) is 11.8 Å². The van der Waals surface area contributed by atoms with E-state index in [-0.39, 0.29) is 11.8 Å². The molecule has 2 aromatic rings. The Hall–Kier alpha value is -3.52. The van der Waals surface area contributed by atoms with E-state index in [1.807, 2.05) is 36.4 Å². The number of rotatable bonds is 7. The molecule has 1 N–H and O–H groups in total. The molecule has 3 heterocycles. The molecular formula is C27H30N2O6. The molecule has 1 spiro atoms. The summed E-state index contributed by atoms with van der Waals surface area (Å²) < 4.78 is 22.4. The second kappa shape index (κ2) is 8.61. The van der Waals surface area contributed by atoms with Crippen LogP contribution in [-0.2, 0) is 14.3 Å². The van der Waals surface area contributed by atoms with Crippen LogP contribution < -0.4 is 24.4 Å². The van der Waals surface area contributed by atoms with Crippen LogP contribution >= 0.6 is 0 Å². The quantitative estimate of drug-likeness (QED) is 0.610. The normalized spacial score (nSPS) is 26.3. The van der Waals surface area contributed by atoms with Crippen LogP contribution in [0.25, 0.3) is 0 Å². The SMILES string of the molecule is COc1cc(NC(=O)[C@@H]2[C@H]3C=C[C@@]4(CN(c5ccc(C(C)C)cc5)C(=O)[C@@H]24)O3)cc(OC)c1OC. The highest BCUT2D eigenvalue weighted by Crippen LogP contribution is 2.53. The minimum absolute atomic E-state index is 0.0980. The molecule has 2 amide bonds. The molecule has 3 aliphatic heterocycles. The van der Waals surface area contributed by atoms with E-state index in [0.717, 1.165) is 5.69 Å². The summed E-state index contributed by atoms with van der Waals surface area (Å²) in [6.07, 6.45) is 3.40. The van der Waals surface area contributed by atoms with Crippen molar-refractivity contribution in [3.63, 3.8) is 0 Å². The number of carbonyl (C=O) groups excluding carboxylic acids is 2. The lowest BCUT2D eigenvalue weighted by molar-refractivity contribution is -0.128. The second-order valence-electron chi connectivity index (χ2n) is 9.47. The molecule has 3 aliphatic rings. The fourth-order valence-electron chi connectivity index (χ4n) is 5.43. The van der Waals surface area contributed by atoms with Crippen molar-refractivity contribution in [1.29, 1.82) is 0 Å². The van der Waals surface area contributed by atoms with E-state index in [9.17, 15) is 9.59 Å². The van der Waals surface area contributed by atoms with Crippen molar-refractivity contribution < 1.29 is 28.5 Å². The Balaban J connectivity index is 1.41. The summed E-state index contributed by atoms with van der Waals surface area (Å²) in [5, 5.41) is 2.93. The number of methoxy groups -OCH3 is 3. The van der Waals surface area contributed by atoms with Crippen LogP contribution in [0.1, 0.15) is 25.3 Å². The fourth-order valence-corrected chi connectivity index (χ4v) is 5.43. The van der Waals surface area contributed by atoms with E-state index in [1.165, 1.54) is 26.9 Å². The standard InChI is InChI=1S/C27H30N2O6/c1-15(2)16-6-8-18(9-7-16)29-14-27-11-10-19(35-27)22(23(27)26(29)31)25(30)28-17-12-20(32-3)24(34-5)21(13-17)33-4/h6-13,15,19,22-23H,14H2,1-5H3,(H,28,30)/t19-,22-,23-,27+/m1/s1. The third-order valence-electron chi connectivity index (χ3n) is 7.21. The molecule has 0 radical (unpaired) electrons. The van der Waals surface area contributed by atoms with Gasteiger partial charge in [0, 0.05) is 23.5 Å². The van der Waals surface area contributed by atoms with E-state index in [4.69, 9.17) is 18.9 Å². The summed E-state index contributed by atoms with van der Waals surface area (Å²) >= 11 is 0. The minimum Gasteiger partial charge on any atom is -0.493 e. The third-order valence-corrected chi connectivity index (χ3v) is 7.21. The Bertz CT molecular complexity index is 1170. The van der Waals surface area contributed by atoms with Gasteiger partial charge < -0.3 is 29.2 Å². The molecular weight excluding hydrogens is 448 g/mol. The van der Waals surface area contributed by atoms with E-state index in [0.29, 0.717) is 35.4 Å². The molecule has 0 aromatic heterocycles. The van der Waals surface area contributed by atoms with Crippen LogP contribution in [0.2, 0.25) is 0 Å². The summed E-state index contributed by atoms with van der Waals surface area (Å²) in [4.78, 5) is 28.9. The van der Waals surface area contributed by atoms with E-state index >= 15 is 0 Å². The summed E-state index contributed by atoms with van der Waals surface area (Å²) in [7, 11) is 4.55. The van der Waals surface area contributed by atoms with Gasteiger partial charge in [0.25, 0.3) is 0 Å². The lowest BCUT2D eigenvalue weighted by Crippen LogP contribution is -2.41. The number of hydrogen-bond acceptors (Lipinski definition) is 6. The molecule has 184 valence electrons. The van der Waals surface area contributed by atoms with Gasteiger partial charge in [-0.15, -0.1) is 0 Å². The van der Waals surface area contributed by atoms with Crippen LogP contribution in [0.5, 0.6) is 17.2 Å². The lowest BCUT2D eigenvalue weighted by atomic mass is 9.76. The van der Waals surface area contributed by atoms with Gasteiger partial charge in [0.05, 0.1) is 45.8 Å². The summed E-state index contributed by atoms with van der Waals surface area (Å²) in [5.41, 5.74) is 1.71. The number of benzene rings is 2. The van der Waals surface area contributed by atoms with Crippen molar-refractivity contribution in [2.75, 3.05) is 38.1 Å². The Morgan fingerprint density at radius 3 is 2.31 bits per heavy atom. The van der Waals surface area contributed by atoms with E-state index < -0.39 is 23.5 Å². The highest BCUT2D eigenvalue weighted by atomic mass is 16.5. The molecule has 0 saturated carbocycles. The average Bonchev–Trinajstić information content (AvgIpc) is 3.51. The van der Waals surface area contributed by atoms with Crippen molar-refractivity contribution in [3.05, 3.63) is 54.1 Å². The van der Waals surface area contributed by atoms with Crippen molar-refractivity contribution >= 4 is 23.2 Å². The Kier molecular flexibility index (Phi) is 5.71. The number of nitrogens with one attached hydrogen (secondary N) is 1. The topological polar surface area (TPSA) is 86.3 Å². The zero-order valence-electron chi connectivity index (χ0n) is 20.5. The molecule has 0 unspecified atom stereocenters. The van der Waals surface area contributed by atoms with Gasteiger partial charge in [-0.25, -0.2) is 0 Å². The predicted octanol–water partition coefficient (Wildman–Crippen LogP) is 3.76. The van der Waals surface area contributed by atoms with Gasteiger partial charge in [0.1, 0.15) is 5.60 Å². The third kappa shape index (κ3) is 3.63. The predicted molar refractivity (Wildman–Crippen MR) is 131 cm³/mol. The zero-order chi connectivity index (χ0) is 24.9. The van der Waals surface area contributed by atoms with E-state index in [1.54, 1.807) is 17.0 Å². The number of ether oxygens (including phenoxy) is 4. The molecule has 2 bridgehead atoms. The second-order valence-corrected chi connectivity index (χ2v) is 9.47. The summed E-state index contributed by atoms with van der Waals surface area (Å²) in [6, 6.07) is 11.3. The summed E-state index contributed by atoms with van der Waals surface area (Å²) in [5.74, 6) is 0.0666. The Morgan fingerprint density at radius 1 is 1.09 bits per heavy atom. The maximum atomic E-state index is 13.6. The lowest BCUT2D eigenvalue weighted by Gasteiger charge is -2.24. The van der Waals surface area contributed by atoms with E-state index in [2.05, 4.69) is 19.2 Å². The van der Waals surface area contributed by atoms with Gasteiger partial charge in [-0.3, -0.25) is 9.59 Å². The van der Waals surface area contributed by atoms with Crippen molar-refractivity contribution in [2.24, 2.45) is 11.8 Å². The van der Waals surface area contributed by atoms with Crippen LogP contribution in [0.3, 0.4) is 0 Å². The van der Waals surface area contributed by atoms with Gasteiger partial charge in [-0.2, -0.15) is 0 Å². The van der Waals surface area contributed by atoms with Crippen molar-refractivity contribution in [2.45, 2.75) is 31.5 Å². The Morgan fingerprint density at radius 2 is 1.74 bits per heavy atom. The minimum atomic E-state index is -0.796. The first kappa shape index (κ1) is 23.2. The number of carbonyl (C=O) groups is 2. The van der Waals surface area contributed by atoms with Gasteiger partial charge in [0.15, 0.2) is 11.5 Å². The van der Waals surface area contributed by atoms with Crippen molar-refractivity contribution in [3.8, 4) is 17.2 Å². The number of nitrogens with zero attached hydrogens (tertiary/aromatic N) is 1. The van der Waals surface area contributed by atoms with Crippen LogP contribution in [-0.4, -0.2) is 51.4 Å². The molecule has 2 fully saturated rings. The number of fused-ring (bicyclic) bond motifs is 1. The monoisotopic (exact) mass is 478 g/mol. The van der Waals surface area contributed by atoms with Gasteiger partial charge in [0.2, 0.25) is 17.6 Å². The van der Waals surface area contributed by atoms with Gasteiger partial charge in [-0.1, -0.05) is 38.1 Å². The molecule has 5 rings (SSSR count). The number of amides is 2. The van der Waals surface area contributed by atoms with Crippen LogP contribution in [0.4, 0.5) is 11.4 Å². The molecule has 8 nitrogen and oxygen atoms in total. The average molecular weight is 479 g/mol. The maximum absolute atomic E-state index is 13.6. The fraction of sp³-hybridized carbons (Fsp3) is 0.407. The zero-order valence-corrected chi connectivity index (χ0v) is 20.5. The molecule has 2 saturated heterocycles. The van der Waals surface area contributed by atoms with Gasteiger partial charge >= 0.3 is 0 Å².